The lowest BCUT2D eigenvalue weighted by Gasteiger charge is -2.33. The fourth-order valence-electron chi connectivity index (χ4n) is 4.02. The fraction of sp³-hybridized carbons (Fsp3) is 0.524. The van der Waals surface area contributed by atoms with Crippen LogP contribution in [0, 0.1) is 5.92 Å². The smallest absolute Gasteiger partial charge is 0.220 e. The average Bonchev–Trinajstić information content (AvgIpc) is 2.69. The lowest BCUT2D eigenvalue weighted by atomic mass is 9.93. The Morgan fingerprint density at radius 1 is 1.15 bits per heavy atom. The van der Waals surface area contributed by atoms with Crippen molar-refractivity contribution in [3.05, 3.63) is 35.4 Å². The predicted molar refractivity (Wildman–Crippen MR) is 108 cm³/mol. The zero-order valence-electron chi connectivity index (χ0n) is 15.5. The van der Waals surface area contributed by atoms with Crippen molar-refractivity contribution in [2.75, 3.05) is 31.2 Å². The van der Waals surface area contributed by atoms with Crippen molar-refractivity contribution in [1.82, 2.24) is 10.3 Å². The molecule has 144 valence electrons. The number of aromatic nitrogens is 1. The molecule has 3 heterocycles. The summed E-state index contributed by atoms with van der Waals surface area (Å²) < 4.78 is 5.35. The second-order valence-corrected chi connectivity index (χ2v) is 8.03. The van der Waals surface area contributed by atoms with Crippen LogP contribution in [0.3, 0.4) is 0 Å². The minimum atomic E-state index is 0.195. The molecule has 0 saturated carbocycles. The van der Waals surface area contributed by atoms with Gasteiger partial charge in [-0.25, -0.2) is 4.98 Å². The minimum Gasteiger partial charge on any atom is -0.381 e. The zero-order chi connectivity index (χ0) is 18.6. The number of pyridine rings is 1. The summed E-state index contributed by atoms with van der Waals surface area (Å²) in [5.74, 6) is 1.66. The van der Waals surface area contributed by atoms with Gasteiger partial charge in [-0.1, -0.05) is 11.6 Å². The summed E-state index contributed by atoms with van der Waals surface area (Å²) in [6.07, 6.45) is 4.56. The van der Waals surface area contributed by atoms with Gasteiger partial charge >= 0.3 is 0 Å². The highest BCUT2D eigenvalue weighted by molar-refractivity contribution is 6.31. The summed E-state index contributed by atoms with van der Waals surface area (Å²) in [6.45, 7) is 3.41. The molecular weight excluding hydrogens is 362 g/mol. The number of ether oxygens (including phenoxy) is 1. The van der Waals surface area contributed by atoms with Crippen LogP contribution in [0.25, 0.3) is 10.9 Å². The molecule has 0 spiro atoms. The number of carbonyl (C=O) groups excluding carboxylic acids is 1. The van der Waals surface area contributed by atoms with Gasteiger partial charge in [0, 0.05) is 49.2 Å². The van der Waals surface area contributed by atoms with Crippen LogP contribution in [0.5, 0.6) is 0 Å². The minimum absolute atomic E-state index is 0.195. The lowest BCUT2D eigenvalue weighted by Crippen LogP contribution is -2.41. The van der Waals surface area contributed by atoms with Crippen LogP contribution < -0.4 is 10.2 Å². The van der Waals surface area contributed by atoms with E-state index in [-0.39, 0.29) is 5.91 Å². The molecule has 2 fully saturated rings. The molecule has 2 saturated heterocycles. The van der Waals surface area contributed by atoms with Gasteiger partial charge in [0.2, 0.25) is 5.91 Å². The van der Waals surface area contributed by atoms with E-state index in [0.717, 1.165) is 73.7 Å². The number of halogens is 1. The summed E-state index contributed by atoms with van der Waals surface area (Å²) in [7, 11) is 0. The van der Waals surface area contributed by atoms with E-state index >= 15 is 0 Å². The quantitative estimate of drug-likeness (QED) is 0.867. The number of carbonyl (C=O) groups is 1. The van der Waals surface area contributed by atoms with Gasteiger partial charge in [-0.2, -0.15) is 0 Å². The molecule has 6 heteroatoms. The molecule has 4 rings (SSSR count). The van der Waals surface area contributed by atoms with E-state index in [1.54, 1.807) is 0 Å². The molecule has 2 aromatic rings. The van der Waals surface area contributed by atoms with Gasteiger partial charge in [-0.05, 0) is 61.9 Å². The molecule has 1 N–H and O–H groups in total. The first-order chi connectivity index (χ1) is 13.2. The van der Waals surface area contributed by atoms with Gasteiger partial charge in [0.15, 0.2) is 0 Å². The van der Waals surface area contributed by atoms with Crippen LogP contribution in [0.4, 0.5) is 5.82 Å². The summed E-state index contributed by atoms with van der Waals surface area (Å²) >= 11 is 6.05. The highest BCUT2D eigenvalue weighted by Crippen LogP contribution is 2.26. The average molecular weight is 388 g/mol. The van der Waals surface area contributed by atoms with Crippen LogP contribution >= 0.6 is 11.6 Å². The number of rotatable bonds is 4. The van der Waals surface area contributed by atoms with Gasteiger partial charge in [-0.15, -0.1) is 0 Å². The Bertz CT molecular complexity index is 799. The van der Waals surface area contributed by atoms with E-state index in [9.17, 15) is 4.79 Å². The third kappa shape index (κ3) is 4.71. The number of nitrogens with zero attached hydrogens (tertiary/aromatic N) is 2. The van der Waals surface area contributed by atoms with Crippen molar-refractivity contribution in [2.45, 2.75) is 38.1 Å². The summed E-state index contributed by atoms with van der Waals surface area (Å²) in [5.41, 5.74) is 0.967. The highest BCUT2D eigenvalue weighted by Gasteiger charge is 2.24. The lowest BCUT2D eigenvalue weighted by molar-refractivity contribution is -0.123. The Balaban J connectivity index is 1.29. The van der Waals surface area contributed by atoms with E-state index < -0.39 is 0 Å². The maximum absolute atomic E-state index is 12.3. The first-order valence-electron chi connectivity index (χ1n) is 9.86. The van der Waals surface area contributed by atoms with Gasteiger partial charge in [0.25, 0.3) is 0 Å². The molecule has 27 heavy (non-hydrogen) atoms. The normalized spacial score (nSPS) is 19.4. The summed E-state index contributed by atoms with van der Waals surface area (Å²) in [5, 5.41) is 4.97. The van der Waals surface area contributed by atoms with Gasteiger partial charge in [0.05, 0.1) is 5.52 Å². The number of hydrogen-bond acceptors (Lipinski definition) is 4. The summed E-state index contributed by atoms with van der Waals surface area (Å²) in [4.78, 5) is 19.4. The number of fused-ring (bicyclic) bond motifs is 1. The number of hydrogen-bond donors (Lipinski definition) is 1. The number of amides is 1. The topological polar surface area (TPSA) is 54.5 Å². The Hall–Kier alpha value is -1.85. The van der Waals surface area contributed by atoms with Crippen molar-refractivity contribution in [3.63, 3.8) is 0 Å². The maximum Gasteiger partial charge on any atom is 0.220 e. The molecular formula is C21H26ClN3O2. The van der Waals surface area contributed by atoms with E-state index in [1.165, 1.54) is 0 Å². The molecule has 5 nitrogen and oxygen atoms in total. The van der Waals surface area contributed by atoms with E-state index in [1.807, 2.05) is 18.2 Å². The van der Waals surface area contributed by atoms with Gasteiger partial charge in [-0.3, -0.25) is 4.79 Å². The highest BCUT2D eigenvalue weighted by atomic mass is 35.5. The van der Waals surface area contributed by atoms with Crippen molar-refractivity contribution >= 4 is 34.2 Å². The standard InChI is InChI=1S/C21H26ClN3O2/c22-17-2-3-19-16(14-17)1-4-20(24-19)25-9-5-15(6-10-25)13-21(26)23-18-7-11-27-12-8-18/h1-4,14-15,18H,5-13H2,(H,23,26). The molecule has 0 unspecified atom stereocenters. The molecule has 0 atom stereocenters. The molecule has 2 aliphatic rings. The van der Waals surface area contributed by atoms with E-state index in [2.05, 4.69) is 22.3 Å². The van der Waals surface area contributed by atoms with Crippen molar-refractivity contribution in [1.29, 1.82) is 0 Å². The molecule has 0 aliphatic carbocycles. The Morgan fingerprint density at radius 3 is 2.70 bits per heavy atom. The SMILES string of the molecule is O=C(CC1CCN(c2ccc3cc(Cl)ccc3n2)CC1)NC1CCOCC1. The van der Waals surface area contributed by atoms with Crippen LogP contribution in [0.2, 0.25) is 5.02 Å². The Labute approximate surface area is 165 Å². The second-order valence-electron chi connectivity index (χ2n) is 7.60. The third-order valence-electron chi connectivity index (χ3n) is 5.64. The number of piperidine rings is 1. The van der Waals surface area contributed by atoms with Crippen LogP contribution in [-0.4, -0.2) is 43.2 Å². The predicted octanol–water partition coefficient (Wildman–Crippen LogP) is 3.79. The maximum atomic E-state index is 12.3. The fourth-order valence-corrected chi connectivity index (χ4v) is 4.20. The van der Waals surface area contributed by atoms with Crippen LogP contribution in [0.1, 0.15) is 32.1 Å². The van der Waals surface area contributed by atoms with Crippen LogP contribution in [-0.2, 0) is 9.53 Å². The Kier molecular flexibility index (Phi) is 5.79. The molecule has 1 amide bonds. The monoisotopic (exact) mass is 387 g/mol. The molecule has 2 aliphatic heterocycles. The van der Waals surface area contributed by atoms with Gasteiger partial charge < -0.3 is 15.0 Å². The molecule has 1 aromatic carbocycles. The number of nitrogens with one attached hydrogen (secondary N) is 1. The first-order valence-corrected chi connectivity index (χ1v) is 10.2. The van der Waals surface area contributed by atoms with Gasteiger partial charge in [0.1, 0.15) is 5.82 Å². The zero-order valence-corrected chi connectivity index (χ0v) is 16.3. The second kappa shape index (κ2) is 8.44. The first kappa shape index (κ1) is 18.5. The molecule has 0 radical (unpaired) electrons. The molecule has 0 bridgehead atoms. The van der Waals surface area contributed by atoms with Crippen molar-refractivity contribution in [3.8, 4) is 0 Å². The van der Waals surface area contributed by atoms with E-state index in [0.29, 0.717) is 18.4 Å². The summed E-state index contributed by atoms with van der Waals surface area (Å²) in [6, 6.07) is 10.2. The van der Waals surface area contributed by atoms with Crippen LogP contribution in [0.15, 0.2) is 30.3 Å². The Morgan fingerprint density at radius 2 is 1.93 bits per heavy atom. The largest absolute Gasteiger partial charge is 0.381 e. The molecule has 1 aromatic heterocycles. The van der Waals surface area contributed by atoms with Crippen molar-refractivity contribution < 1.29 is 9.53 Å². The number of benzene rings is 1. The van der Waals surface area contributed by atoms with Crippen molar-refractivity contribution in [2.24, 2.45) is 5.92 Å². The van der Waals surface area contributed by atoms with E-state index in [4.69, 9.17) is 21.3 Å². The number of anilines is 1. The third-order valence-corrected chi connectivity index (χ3v) is 5.87.